The summed E-state index contributed by atoms with van der Waals surface area (Å²) in [7, 11) is 1.67. The van der Waals surface area contributed by atoms with Crippen molar-refractivity contribution >= 4 is 0 Å². The van der Waals surface area contributed by atoms with Crippen molar-refractivity contribution in [2.75, 3.05) is 59.8 Å². The summed E-state index contributed by atoms with van der Waals surface area (Å²) < 4.78 is 15.9. The molecule has 0 saturated heterocycles. The molecule has 122 valence electrons. The summed E-state index contributed by atoms with van der Waals surface area (Å²) in [5.41, 5.74) is 6.11. The Labute approximate surface area is 124 Å². The van der Waals surface area contributed by atoms with Crippen molar-refractivity contribution in [2.24, 2.45) is 5.73 Å². The quantitative estimate of drug-likeness (QED) is 0.491. The van der Waals surface area contributed by atoms with Gasteiger partial charge in [0.05, 0.1) is 33.0 Å². The Morgan fingerprint density at radius 3 is 1.90 bits per heavy atom. The Balaban J connectivity index is 3.84. The van der Waals surface area contributed by atoms with Crippen LogP contribution < -0.4 is 5.73 Å². The molecule has 0 aliphatic heterocycles. The third-order valence-electron chi connectivity index (χ3n) is 4.06. The first-order valence-electron chi connectivity index (χ1n) is 7.80. The van der Waals surface area contributed by atoms with Crippen molar-refractivity contribution in [1.82, 2.24) is 4.90 Å². The highest BCUT2D eigenvalue weighted by atomic mass is 16.5. The highest BCUT2D eigenvalue weighted by molar-refractivity contribution is 4.88. The van der Waals surface area contributed by atoms with E-state index < -0.39 is 0 Å². The van der Waals surface area contributed by atoms with Crippen LogP contribution in [0.15, 0.2) is 0 Å². The standard InChI is InChI=1S/C15H34N2O3/c1-5-15(6-2,14-16)17(7-3)8-9-19-12-13-20-11-10-18-4/h5-14,16H2,1-4H3. The van der Waals surface area contributed by atoms with Crippen molar-refractivity contribution in [3.05, 3.63) is 0 Å². The van der Waals surface area contributed by atoms with Crippen LogP contribution in [0.1, 0.15) is 33.6 Å². The van der Waals surface area contributed by atoms with Crippen molar-refractivity contribution in [3.8, 4) is 0 Å². The average Bonchev–Trinajstić information content (AvgIpc) is 2.49. The van der Waals surface area contributed by atoms with E-state index in [0.717, 1.165) is 32.5 Å². The summed E-state index contributed by atoms with van der Waals surface area (Å²) in [5, 5.41) is 0. The normalized spacial score (nSPS) is 12.3. The third-order valence-corrected chi connectivity index (χ3v) is 4.06. The monoisotopic (exact) mass is 290 g/mol. The smallest absolute Gasteiger partial charge is 0.0701 e. The summed E-state index contributed by atoms with van der Waals surface area (Å²) >= 11 is 0. The predicted molar refractivity (Wildman–Crippen MR) is 83.1 cm³/mol. The minimum Gasteiger partial charge on any atom is -0.382 e. The Morgan fingerprint density at radius 1 is 0.900 bits per heavy atom. The predicted octanol–water partition coefficient (Wildman–Crippen LogP) is 1.51. The van der Waals surface area contributed by atoms with Crippen LogP contribution in [0.25, 0.3) is 0 Å². The van der Waals surface area contributed by atoms with Crippen LogP contribution in [0.2, 0.25) is 0 Å². The second-order valence-corrected chi connectivity index (χ2v) is 4.93. The Morgan fingerprint density at radius 2 is 1.45 bits per heavy atom. The molecule has 0 saturated carbocycles. The first kappa shape index (κ1) is 19.8. The van der Waals surface area contributed by atoms with Gasteiger partial charge in [0, 0.05) is 25.7 Å². The number of rotatable bonds is 14. The zero-order valence-electron chi connectivity index (χ0n) is 13.8. The third kappa shape index (κ3) is 6.99. The van der Waals surface area contributed by atoms with Gasteiger partial charge in [0.2, 0.25) is 0 Å². The number of methoxy groups -OCH3 is 1. The largest absolute Gasteiger partial charge is 0.382 e. The van der Waals surface area contributed by atoms with Gasteiger partial charge < -0.3 is 19.9 Å². The van der Waals surface area contributed by atoms with Gasteiger partial charge in [-0.2, -0.15) is 0 Å². The summed E-state index contributed by atoms with van der Waals surface area (Å²) in [6.45, 7) is 12.5. The summed E-state index contributed by atoms with van der Waals surface area (Å²) in [5.74, 6) is 0. The maximum absolute atomic E-state index is 5.99. The van der Waals surface area contributed by atoms with E-state index in [4.69, 9.17) is 19.9 Å². The first-order valence-corrected chi connectivity index (χ1v) is 7.80. The molecule has 20 heavy (non-hydrogen) atoms. The number of ether oxygens (including phenoxy) is 3. The lowest BCUT2D eigenvalue weighted by molar-refractivity contribution is 0.00617. The van der Waals surface area contributed by atoms with Crippen LogP contribution in [0.5, 0.6) is 0 Å². The van der Waals surface area contributed by atoms with Crippen LogP contribution >= 0.6 is 0 Å². The zero-order valence-corrected chi connectivity index (χ0v) is 13.8. The number of hydrogen-bond donors (Lipinski definition) is 1. The molecule has 0 rings (SSSR count). The molecule has 5 heteroatoms. The van der Waals surface area contributed by atoms with Crippen LogP contribution in [-0.4, -0.2) is 70.2 Å². The van der Waals surface area contributed by atoms with Gasteiger partial charge in [-0.25, -0.2) is 0 Å². The first-order chi connectivity index (χ1) is 9.70. The van der Waals surface area contributed by atoms with E-state index in [1.165, 1.54) is 0 Å². The second kappa shape index (κ2) is 12.5. The average molecular weight is 290 g/mol. The van der Waals surface area contributed by atoms with Gasteiger partial charge in [-0.15, -0.1) is 0 Å². The topological polar surface area (TPSA) is 57.0 Å². The van der Waals surface area contributed by atoms with E-state index in [1.54, 1.807) is 7.11 Å². The molecule has 0 amide bonds. The number of nitrogens with zero attached hydrogens (tertiary/aromatic N) is 1. The lowest BCUT2D eigenvalue weighted by atomic mass is 9.90. The second-order valence-electron chi connectivity index (χ2n) is 4.93. The summed E-state index contributed by atoms with van der Waals surface area (Å²) in [4.78, 5) is 2.44. The molecule has 0 radical (unpaired) electrons. The molecule has 0 aromatic rings. The minimum atomic E-state index is 0.118. The molecule has 5 nitrogen and oxygen atoms in total. The molecular formula is C15H34N2O3. The summed E-state index contributed by atoms with van der Waals surface area (Å²) in [6, 6.07) is 0. The molecule has 0 aliphatic rings. The maximum atomic E-state index is 5.99. The molecule has 0 fully saturated rings. The maximum Gasteiger partial charge on any atom is 0.0701 e. The number of likely N-dealkylation sites (N-methyl/N-ethyl adjacent to an activating group) is 1. The fraction of sp³-hybridized carbons (Fsp3) is 1.00. The molecule has 0 aromatic heterocycles. The Kier molecular flexibility index (Phi) is 12.4. The molecule has 0 aromatic carbocycles. The van der Waals surface area contributed by atoms with Crippen LogP contribution in [0, 0.1) is 0 Å². The lowest BCUT2D eigenvalue weighted by Crippen LogP contribution is -2.54. The van der Waals surface area contributed by atoms with Gasteiger partial charge in [0.1, 0.15) is 0 Å². The molecular weight excluding hydrogens is 256 g/mol. The van der Waals surface area contributed by atoms with Gasteiger partial charge in [0.15, 0.2) is 0 Å². The molecule has 0 aliphatic carbocycles. The van der Waals surface area contributed by atoms with Crippen LogP contribution in [0.4, 0.5) is 0 Å². The highest BCUT2D eigenvalue weighted by Crippen LogP contribution is 2.22. The van der Waals surface area contributed by atoms with Gasteiger partial charge >= 0.3 is 0 Å². The van der Waals surface area contributed by atoms with Crippen molar-refractivity contribution in [2.45, 2.75) is 39.2 Å². The van der Waals surface area contributed by atoms with Gasteiger partial charge in [-0.1, -0.05) is 20.8 Å². The van der Waals surface area contributed by atoms with Gasteiger partial charge in [-0.05, 0) is 19.4 Å². The van der Waals surface area contributed by atoms with Crippen LogP contribution in [0.3, 0.4) is 0 Å². The highest BCUT2D eigenvalue weighted by Gasteiger charge is 2.30. The van der Waals surface area contributed by atoms with Crippen LogP contribution in [-0.2, 0) is 14.2 Å². The van der Waals surface area contributed by atoms with E-state index in [2.05, 4.69) is 25.7 Å². The fourth-order valence-corrected chi connectivity index (χ4v) is 2.48. The van der Waals surface area contributed by atoms with E-state index in [9.17, 15) is 0 Å². The SMILES string of the molecule is CCN(CCOCCOCCOC)C(CC)(CC)CN. The van der Waals surface area contributed by atoms with Crippen molar-refractivity contribution in [1.29, 1.82) is 0 Å². The lowest BCUT2D eigenvalue weighted by Gasteiger charge is -2.42. The molecule has 2 N–H and O–H groups in total. The van der Waals surface area contributed by atoms with E-state index >= 15 is 0 Å². The van der Waals surface area contributed by atoms with Gasteiger partial charge in [-0.3, -0.25) is 4.90 Å². The molecule has 0 spiro atoms. The number of hydrogen-bond acceptors (Lipinski definition) is 5. The molecule has 0 bridgehead atoms. The Bertz CT molecular complexity index is 203. The van der Waals surface area contributed by atoms with Gasteiger partial charge in [0.25, 0.3) is 0 Å². The fourth-order valence-electron chi connectivity index (χ4n) is 2.48. The molecule has 0 heterocycles. The van der Waals surface area contributed by atoms with E-state index in [0.29, 0.717) is 33.0 Å². The Hall–Kier alpha value is -0.200. The van der Waals surface area contributed by atoms with Crippen molar-refractivity contribution in [3.63, 3.8) is 0 Å². The zero-order chi connectivity index (χ0) is 15.3. The molecule has 0 atom stereocenters. The van der Waals surface area contributed by atoms with E-state index in [1.807, 2.05) is 0 Å². The van der Waals surface area contributed by atoms with Crippen molar-refractivity contribution < 1.29 is 14.2 Å². The minimum absolute atomic E-state index is 0.118. The summed E-state index contributed by atoms with van der Waals surface area (Å²) in [6.07, 6.45) is 2.15. The van der Waals surface area contributed by atoms with E-state index in [-0.39, 0.29) is 5.54 Å². The number of nitrogens with two attached hydrogens (primary N) is 1. The molecule has 0 unspecified atom stereocenters.